The maximum Gasteiger partial charge on any atom is 0.238 e. The molecule has 0 saturated heterocycles. The van der Waals surface area contributed by atoms with Gasteiger partial charge in [-0.15, -0.1) is 0 Å². The fraction of sp³-hybridized carbons (Fsp3) is 0.267. The third-order valence-electron chi connectivity index (χ3n) is 2.90. The van der Waals surface area contributed by atoms with Gasteiger partial charge in [-0.05, 0) is 47.9 Å². The van der Waals surface area contributed by atoms with Gasteiger partial charge in [0.1, 0.15) is 0 Å². The molecule has 0 bridgehead atoms. The molecule has 2 rings (SSSR count). The Hall–Kier alpha value is -1.65. The Bertz CT molecular complexity index is 546. The lowest BCUT2D eigenvalue weighted by molar-refractivity contribution is -0.115. The van der Waals surface area contributed by atoms with Crippen LogP contribution in [0.2, 0.25) is 0 Å². The molecule has 1 heterocycles. The van der Waals surface area contributed by atoms with Crippen LogP contribution < -0.4 is 10.6 Å². The number of rotatable bonds is 5. The Balaban J connectivity index is 1.76. The molecule has 0 saturated carbocycles. The number of hydrogen-bond acceptors (Lipinski definition) is 3. The molecule has 0 unspecified atom stereocenters. The summed E-state index contributed by atoms with van der Waals surface area (Å²) in [6, 6.07) is 7.79. The van der Waals surface area contributed by atoms with E-state index in [4.69, 9.17) is 0 Å². The Morgan fingerprint density at radius 1 is 1.16 bits per heavy atom. The molecule has 2 N–H and O–H groups in total. The molecular weight excluding hydrogens is 256 g/mol. The minimum Gasteiger partial charge on any atom is -0.325 e. The van der Waals surface area contributed by atoms with Crippen molar-refractivity contribution in [3.05, 3.63) is 51.7 Å². The summed E-state index contributed by atoms with van der Waals surface area (Å²) in [5.74, 6) is -0.0169. The normalized spacial score (nSPS) is 10.4. The summed E-state index contributed by atoms with van der Waals surface area (Å²) in [5.41, 5.74) is 4.55. The van der Waals surface area contributed by atoms with Crippen molar-refractivity contribution in [3.8, 4) is 0 Å². The van der Waals surface area contributed by atoms with Crippen LogP contribution in [0.1, 0.15) is 16.7 Å². The minimum atomic E-state index is -0.0169. The minimum absolute atomic E-state index is 0.0169. The van der Waals surface area contributed by atoms with Crippen molar-refractivity contribution in [2.75, 3.05) is 11.9 Å². The third kappa shape index (κ3) is 4.19. The largest absolute Gasteiger partial charge is 0.325 e. The first-order valence-corrected chi connectivity index (χ1v) is 7.18. The Morgan fingerprint density at radius 3 is 2.53 bits per heavy atom. The summed E-state index contributed by atoms with van der Waals surface area (Å²) >= 11 is 1.69. The van der Waals surface area contributed by atoms with E-state index < -0.39 is 0 Å². The van der Waals surface area contributed by atoms with Crippen LogP contribution in [0.3, 0.4) is 0 Å². The highest BCUT2D eigenvalue weighted by molar-refractivity contribution is 7.08. The van der Waals surface area contributed by atoms with E-state index in [1.54, 1.807) is 11.3 Å². The molecule has 0 fully saturated rings. The van der Waals surface area contributed by atoms with Gasteiger partial charge >= 0.3 is 0 Å². The molecule has 0 aliphatic carbocycles. The highest BCUT2D eigenvalue weighted by Gasteiger charge is 2.03. The van der Waals surface area contributed by atoms with Crippen LogP contribution in [-0.4, -0.2) is 12.5 Å². The molecule has 2 aromatic rings. The van der Waals surface area contributed by atoms with Crippen LogP contribution in [0, 0.1) is 13.8 Å². The van der Waals surface area contributed by atoms with Gasteiger partial charge in [-0.2, -0.15) is 11.3 Å². The lowest BCUT2D eigenvalue weighted by atomic mass is 10.2. The number of carbonyl (C=O) groups is 1. The Labute approximate surface area is 117 Å². The maximum atomic E-state index is 11.7. The SMILES string of the molecule is Cc1ccc(NC(=O)CNCc2cscc2C)cc1. The molecule has 1 amide bonds. The second kappa shape index (κ2) is 6.50. The van der Waals surface area contributed by atoms with Gasteiger partial charge in [0.05, 0.1) is 6.54 Å². The quantitative estimate of drug-likeness (QED) is 0.879. The smallest absolute Gasteiger partial charge is 0.238 e. The number of nitrogens with one attached hydrogen (secondary N) is 2. The molecule has 0 radical (unpaired) electrons. The molecule has 0 spiro atoms. The van der Waals surface area contributed by atoms with Gasteiger partial charge in [0, 0.05) is 12.2 Å². The molecule has 4 heteroatoms. The highest BCUT2D eigenvalue weighted by atomic mass is 32.1. The van der Waals surface area contributed by atoms with Gasteiger partial charge in [0.25, 0.3) is 0 Å². The van der Waals surface area contributed by atoms with Crippen molar-refractivity contribution in [3.63, 3.8) is 0 Å². The third-order valence-corrected chi connectivity index (χ3v) is 3.81. The number of carbonyl (C=O) groups excluding carboxylic acids is 1. The van der Waals surface area contributed by atoms with E-state index in [-0.39, 0.29) is 5.91 Å². The van der Waals surface area contributed by atoms with Crippen LogP contribution in [-0.2, 0) is 11.3 Å². The van der Waals surface area contributed by atoms with E-state index >= 15 is 0 Å². The van der Waals surface area contributed by atoms with Crippen molar-refractivity contribution in [2.45, 2.75) is 20.4 Å². The van der Waals surface area contributed by atoms with Crippen molar-refractivity contribution in [1.29, 1.82) is 0 Å². The number of amides is 1. The fourth-order valence-electron chi connectivity index (χ4n) is 1.72. The van der Waals surface area contributed by atoms with Crippen LogP contribution in [0.5, 0.6) is 0 Å². The summed E-state index contributed by atoms with van der Waals surface area (Å²) in [7, 11) is 0. The van der Waals surface area contributed by atoms with Gasteiger partial charge in [-0.1, -0.05) is 17.7 Å². The molecule has 1 aromatic heterocycles. The predicted molar refractivity (Wildman–Crippen MR) is 80.6 cm³/mol. The first-order valence-electron chi connectivity index (χ1n) is 6.24. The maximum absolute atomic E-state index is 11.7. The van der Waals surface area contributed by atoms with Crippen molar-refractivity contribution in [1.82, 2.24) is 5.32 Å². The zero-order valence-electron chi connectivity index (χ0n) is 11.2. The van der Waals surface area contributed by atoms with Crippen LogP contribution in [0.4, 0.5) is 5.69 Å². The number of aryl methyl sites for hydroxylation is 2. The second-order valence-electron chi connectivity index (χ2n) is 4.60. The summed E-state index contributed by atoms with van der Waals surface area (Å²) in [6.45, 7) is 5.16. The number of hydrogen-bond donors (Lipinski definition) is 2. The molecule has 0 aliphatic heterocycles. The van der Waals surface area contributed by atoms with Crippen LogP contribution in [0.25, 0.3) is 0 Å². The molecular formula is C15H18N2OS. The topological polar surface area (TPSA) is 41.1 Å². The van der Waals surface area contributed by atoms with Crippen molar-refractivity contribution >= 4 is 22.9 Å². The van der Waals surface area contributed by atoms with Gasteiger partial charge in [0.15, 0.2) is 0 Å². The zero-order valence-corrected chi connectivity index (χ0v) is 12.0. The molecule has 19 heavy (non-hydrogen) atoms. The van der Waals surface area contributed by atoms with E-state index in [1.807, 2.05) is 31.2 Å². The van der Waals surface area contributed by atoms with Crippen LogP contribution >= 0.6 is 11.3 Å². The summed E-state index contributed by atoms with van der Waals surface area (Å²) in [5, 5.41) is 10.2. The van der Waals surface area contributed by atoms with Gasteiger partial charge < -0.3 is 10.6 Å². The van der Waals surface area contributed by atoms with E-state index in [1.165, 1.54) is 16.7 Å². The summed E-state index contributed by atoms with van der Waals surface area (Å²) < 4.78 is 0. The highest BCUT2D eigenvalue weighted by Crippen LogP contribution is 2.13. The molecule has 1 aromatic carbocycles. The van der Waals surface area contributed by atoms with Crippen molar-refractivity contribution in [2.24, 2.45) is 0 Å². The fourth-order valence-corrected chi connectivity index (χ4v) is 2.58. The lowest BCUT2D eigenvalue weighted by Gasteiger charge is -2.07. The first kappa shape index (κ1) is 13.8. The lowest BCUT2D eigenvalue weighted by Crippen LogP contribution is -2.27. The van der Waals surface area contributed by atoms with Gasteiger partial charge in [-0.25, -0.2) is 0 Å². The van der Waals surface area contributed by atoms with Crippen LogP contribution in [0.15, 0.2) is 35.0 Å². The van der Waals surface area contributed by atoms with E-state index in [0.29, 0.717) is 6.54 Å². The molecule has 0 aliphatic rings. The molecule has 0 atom stereocenters. The standard InChI is InChI=1S/C15H18N2OS/c1-11-3-5-14(6-4-11)17-15(18)8-16-7-13-10-19-9-12(13)2/h3-6,9-10,16H,7-8H2,1-2H3,(H,17,18). The average Bonchev–Trinajstić information content (AvgIpc) is 2.78. The van der Waals surface area contributed by atoms with Gasteiger partial charge in [0.2, 0.25) is 5.91 Å². The van der Waals surface area contributed by atoms with Crippen molar-refractivity contribution < 1.29 is 4.79 Å². The molecule has 3 nitrogen and oxygen atoms in total. The monoisotopic (exact) mass is 274 g/mol. The van der Waals surface area contributed by atoms with Gasteiger partial charge in [-0.3, -0.25) is 4.79 Å². The average molecular weight is 274 g/mol. The van der Waals surface area contributed by atoms with E-state index in [9.17, 15) is 4.79 Å². The summed E-state index contributed by atoms with van der Waals surface area (Å²) in [4.78, 5) is 11.7. The number of thiophene rings is 1. The molecule has 100 valence electrons. The zero-order chi connectivity index (χ0) is 13.7. The Morgan fingerprint density at radius 2 is 1.89 bits per heavy atom. The van der Waals surface area contributed by atoms with E-state index in [0.717, 1.165) is 12.2 Å². The summed E-state index contributed by atoms with van der Waals surface area (Å²) in [6.07, 6.45) is 0. The number of benzene rings is 1. The second-order valence-corrected chi connectivity index (χ2v) is 5.34. The number of anilines is 1. The predicted octanol–water partition coefficient (Wildman–Crippen LogP) is 3.09. The van der Waals surface area contributed by atoms with E-state index in [2.05, 4.69) is 28.3 Å². The Kier molecular flexibility index (Phi) is 4.71. The first-order chi connectivity index (χ1) is 9.15.